The summed E-state index contributed by atoms with van der Waals surface area (Å²) in [5.41, 5.74) is 2.44. The molecule has 112 valence electrons. The Labute approximate surface area is 123 Å². The van der Waals surface area contributed by atoms with Crippen LogP contribution in [-0.2, 0) is 13.0 Å². The molecule has 1 heterocycles. The van der Waals surface area contributed by atoms with Crippen LogP contribution < -0.4 is 10.1 Å². The Kier molecular flexibility index (Phi) is 6.31. The highest BCUT2D eigenvalue weighted by Gasteiger charge is 2.16. The van der Waals surface area contributed by atoms with E-state index in [0.717, 1.165) is 50.0 Å². The summed E-state index contributed by atoms with van der Waals surface area (Å²) < 4.78 is 5.96. The molecule has 1 N–H and O–H groups in total. The van der Waals surface area contributed by atoms with Gasteiger partial charge in [-0.1, -0.05) is 33.1 Å². The molecular formula is C17H28N2O. The fraction of sp³-hybridized carbons (Fsp3) is 0.706. The van der Waals surface area contributed by atoms with Crippen molar-refractivity contribution in [3.8, 4) is 5.88 Å². The second-order valence-electron chi connectivity index (χ2n) is 5.80. The van der Waals surface area contributed by atoms with Gasteiger partial charge in [-0.3, -0.25) is 0 Å². The smallest absolute Gasteiger partial charge is 0.213 e. The largest absolute Gasteiger partial charge is 0.477 e. The summed E-state index contributed by atoms with van der Waals surface area (Å²) in [4.78, 5) is 4.64. The number of ether oxygens (including phenoxy) is 1. The molecule has 0 radical (unpaired) electrons. The molecule has 1 fully saturated rings. The van der Waals surface area contributed by atoms with E-state index in [2.05, 4.69) is 36.3 Å². The maximum atomic E-state index is 5.96. The number of aromatic nitrogens is 1. The minimum atomic E-state index is 0.740. The summed E-state index contributed by atoms with van der Waals surface area (Å²) in [6.07, 6.45) is 7.52. The fourth-order valence-electron chi connectivity index (χ4n) is 2.83. The van der Waals surface area contributed by atoms with Crippen molar-refractivity contribution >= 4 is 0 Å². The first-order valence-electron chi connectivity index (χ1n) is 8.15. The molecule has 0 unspecified atom stereocenters. The predicted molar refractivity (Wildman–Crippen MR) is 83.1 cm³/mol. The zero-order valence-corrected chi connectivity index (χ0v) is 13.0. The summed E-state index contributed by atoms with van der Waals surface area (Å²) >= 11 is 0. The van der Waals surface area contributed by atoms with E-state index >= 15 is 0 Å². The number of nitrogens with one attached hydrogen (secondary N) is 1. The summed E-state index contributed by atoms with van der Waals surface area (Å²) in [7, 11) is 0. The van der Waals surface area contributed by atoms with E-state index < -0.39 is 0 Å². The first-order chi connectivity index (χ1) is 9.81. The third-order valence-corrected chi connectivity index (χ3v) is 3.94. The Balaban J connectivity index is 1.98. The first kappa shape index (κ1) is 15.3. The number of rotatable bonds is 8. The van der Waals surface area contributed by atoms with Crippen LogP contribution in [0.5, 0.6) is 5.88 Å². The van der Waals surface area contributed by atoms with Gasteiger partial charge in [0.05, 0.1) is 6.61 Å². The number of aryl methyl sites for hydroxylation is 1. The molecule has 0 bridgehead atoms. The Morgan fingerprint density at radius 2 is 2.05 bits per heavy atom. The van der Waals surface area contributed by atoms with Gasteiger partial charge in [0.15, 0.2) is 0 Å². The van der Waals surface area contributed by atoms with Crippen molar-refractivity contribution in [2.75, 3.05) is 13.2 Å². The van der Waals surface area contributed by atoms with E-state index in [-0.39, 0.29) is 0 Å². The molecule has 1 aliphatic carbocycles. The van der Waals surface area contributed by atoms with E-state index in [1.165, 1.54) is 31.2 Å². The summed E-state index contributed by atoms with van der Waals surface area (Å²) in [5.74, 6) is 1.56. The zero-order valence-electron chi connectivity index (χ0n) is 13.0. The van der Waals surface area contributed by atoms with Crippen LogP contribution in [-0.4, -0.2) is 18.1 Å². The third kappa shape index (κ3) is 4.78. The molecule has 0 amide bonds. The molecule has 1 aliphatic rings. The van der Waals surface area contributed by atoms with Crippen molar-refractivity contribution in [3.63, 3.8) is 0 Å². The van der Waals surface area contributed by atoms with Crippen LogP contribution in [0.1, 0.15) is 57.2 Å². The minimum absolute atomic E-state index is 0.740. The maximum absolute atomic E-state index is 5.96. The van der Waals surface area contributed by atoms with Gasteiger partial charge >= 0.3 is 0 Å². The van der Waals surface area contributed by atoms with E-state index in [4.69, 9.17) is 4.74 Å². The number of nitrogens with zero attached hydrogens (tertiary/aromatic N) is 1. The monoisotopic (exact) mass is 276 g/mol. The molecule has 1 aromatic rings. The second kappa shape index (κ2) is 8.25. The number of hydrogen-bond acceptors (Lipinski definition) is 3. The van der Waals surface area contributed by atoms with Crippen molar-refractivity contribution in [3.05, 3.63) is 23.4 Å². The van der Waals surface area contributed by atoms with Crippen molar-refractivity contribution < 1.29 is 4.74 Å². The van der Waals surface area contributed by atoms with E-state index in [1.807, 2.05) is 0 Å². The molecule has 3 nitrogen and oxygen atoms in total. The lowest BCUT2D eigenvalue weighted by Crippen LogP contribution is -2.13. The van der Waals surface area contributed by atoms with Gasteiger partial charge in [0.25, 0.3) is 0 Å². The lowest BCUT2D eigenvalue weighted by molar-refractivity contribution is 0.242. The first-order valence-corrected chi connectivity index (χ1v) is 8.15. The van der Waals surface area contributed by atoms with E-state index in [9.17, 15) is 0 Å². The van der Waals surface area contributed by atoms with Gasteiger partial charge in [0.2, 0.25) is 5.88 Å². The third-order valence-electron chi connectivity index (χ3n) is 3.94. The topological polar surface area (TPSA) is 34.1 Å². The summed E-state index contributed by atoms with van der Waals surface area (Å²) in [6.45, 7) is 7.05. The molecule has 3 heteroatoms. The quantitative estimate of drug-likeness (QED) is 0.786. The summed E-state index contributed by atoms with van der Waals surface area (Å²) in [5, 5.41) is 3.37. The molecule has 1 aromatic heterocycles. The van der Waals surface area contributed by atoms with Crippen LogP contribution in [0, 0.1) is 5.92 Å². The molecule has 0 atom stereocenters. The van der Waals surface area contributed by atoms with Crippen LogP contribution >= 0.6 is 0 Å². The molecule has 1 saturated carbocycles. The van der Waals surface area contributed by atoms with Gasteiger partial charge < -0.3 is 10.1 Å². The molecule has 0 spiro atoms. The average molecular weight is 276 g/mol. The highest BCUT2D eigenvalue weighted by molar-refractivity contribution is 5.25. The van der Waals surface area contributed by atoms with Crippen LogP contribution in [0.3, 0.4) is 0 Å². The molecule has 0 saturated heterocycles. The van der Waals surface area contributed by atoms with Gasteiger partial charge in [-0.2, -0.15) is 0 Å². The van der Waals surface area contributed by atoms with Crippen LogP contribution in [0.15, 0.2) is 12.1 Å². The van der Waals surface area contributed by atoms with Crippen molar-refractivity contribution in [2.45, 2.75) is 58.9 Å². The summed E-state index contributed by atoms with van der Waals surface area (Å²) in [6, 6.07) is 4.30. The van der Waals surface area contributed by atoms with E-state index in [1.54, 1.807) is 0 Å². The molecule has 20 heavy (non-hydrogen) atoms. The highest BCUT2D eigenvalue weighted by Crippen LogP contribution is 2.25. The Bertz CT molecular complexity index is 400. The van der Waals surface area contributed by atoms with Gasteiger partial charge in [-0.15, -0.1) is 0 Å². The Morgan fingerprint density at radius 3 is 2.75 bits per heavy atom. The predicted octanol–water partition coefficient (Wildman–Crippen LogP) is 3.71. The molecule has 0 aromatic carbocycles. The lowest BCUT2D eigenvalue weighted by Gasteiger charge is -2.13. The van der Waals surface area contributed by atoms with Crippen molar-refractivity contribution in [1.29, 1.82) is 0 Å². The standard InChI is InChI=1S/C17H28N2O/c1-3-7-16-10-15(12-18-4-2)11-17(19-16)20-13-14-8-5-6-9-14/h10-11,14,18H,3-9,12-13H2,1-2H3. The SMILES string of the molecule is CCCc1cc(CNCC)cc(OCC2CCCC2)n1. The minimum Gasteiger partial charge on any atom is -0.477 e. The van der Waals surface area contributed by atoms with Crippen LogP contribution in [0.25, 0.3) is 0 Å². The van der Waals surface area contributed by atoms with Crippen molar-refractivity contribution in [1.82, 2.24) is 10.3 Å². The van der Waals surface area contributed by atoms with Crippen molar-refractivity contribution in [2.24, 2.45) is 5.92 Å². The Hall–Kier alpha value is -1.09. The van der Waals surface area contributed by atoms with Gasteiger partial charge in [-0.25, -0.2) is 4.98 Å². The number of hydrogen-bond donors (Lipinski definition) is 1. The van der Waals surface area contributed by atoms with Crippen LogP contribution in [0.2, 0.25) is 0 Å². The lowest BCUT2D eigenvalue weighted by atomic mass is 10.1. The van der Waals surface area contributed by atoms with Gasteiger partial charge in [0.1, 0.15) is 0 Å². The van der Waals surface area contributed by atoms with Gasteiger partial charge in [0, 0.05) is 18.3 Å². The molecule has 0 aliphatic heterocycles. The average Bonchev–Trinajstić information content (AvgIpc) is 2.96. The maximum Gasteiger partial charge on any atom is 0.213 e. The normalized spacial score (nSPS) is 15.7. The number of pyridine rings is 1. The van der Waals surface area contributed by atoms with Crippen LogP contribution in [0.4, 0.5) is 0 Å². The highest BCUT2D eigenvalue weighted by atomic mass is 16.5. The Morgan fingerprint density at radius 1 is 1.25 bits per heavy atom. The molecular weight excluding hydrogens is 248 g/mol. The zero-order chi connectivity index (χ0) is 14.2. The van der Waals surface area contributed by atoms with Gasteiger partial charge in [-0.05, 0) is 43.4 Å². The fourth-order valence-corrected chi connectivity index (χ4v) is 2.83. The van der Waals surface area contributed by atoms with E-state index in [0.29, 0.717) is 0 Å². The molecule has 2 rings (SSSR count). The second-order valence-corrected chi connectivity index (χ2v) is 5.80.